The molecule has 0 saturated carbocycles. The van der Waals surface area contributed by atoms with Gasteiger partial charge in [-0.3, -0.25) is 0 Å². The number of halogens is 2. The number of carboxylic acids is 1. The van der Waals surface area contributed by atoms with E-state index in [0.29, 0.717) is 10.2 Å². The molecule has 7 heteroatoms. The van der Waals surface area contributed by atoms with Crippen LogP contribution in [0.3, 0.4) is 0 Å². The molecule has 0 radical (unpaired) electrons. The second-order valence-corrected chi connectivity index (χ2v) is 4.60. The van der Waals surface area contributed by atoms with Gasteiger partial charge in [0.25, 0.3) is 0 Å². The first-order valence-corrected chi connectivity index (χ1v) is 6.05. The third-order valence-corrected chi connectivity index (χ3v) is 3.11. The number of aromatic nitrogens is 2. The predicted octanol–water partition coefficient (Wildman–Crippen LogP) is 3.13. The van der Waals surface area contributed by atoms with Gasteiger partial charge in [0.15, 0.2) is 11.6 Å². The van der Waals surface area contributed by atoms with Gasteiger partial charge in [0.2, 0.25) is 0 Å². The van der Waals surface area contributed by atoms with Crippen molar-refractivity contribution in [2.24, 2.45) is 0 Å². The molecule has 2 aromatic rings. The Morgan fingerprint density at radius 3 is 2.84 bits per heavy atom. The number of aromatic carboxylic acids is 1. The molecule has 1 heterocycles. The molecule has 5 nitrogen and oxygen atoms in total. The molecule has 0 spiro atoms. The highest BCUT2D eigenvalue weighted by molar-refractivity contribution is 9.10. The zero-order chi connectivity index (χ0) is 14.0. The monoisotopic (exact) mass is 325 g/mol. The fourth-order valence-electron chi connectivity index (χ4n) is 1.45. The summed E-state index contributed by atoms with van der Waals surface area (Å²) in [5.74, 6) is -1.64. The maximum absolute atomic E-state index is 13.7. The Labute approximate surface area is 116 Å². The molecule has 0 aliphatic heterocycles. The molecule has 1 aromatic carbocycles. The Morgan fingerprint density at radius 1 is 1.42 bits per heavy atom. The zero-order valence-corrected chi connectivity index (χ0v) is 11.4. The fourth-order valence-corrected chi connectivity index (χ4v) is 1.86. The third-order valence-electron chi connectivity index (χ3n) is 2.42. The van der Waals surface area contributed by atoms with Gasteiger partial charge < -0.3 is 10.4 Å². The highest BCUT2D eigenvalue weighted by Crippen LogP contribution is 2.24. The molecule has 0 aliphatic carbocycles. The number of nitrogens with one attached hydrogen (secondary N) is 1. The first-order chi connectivity index (χ1) is 8.99. The van der Waals surface area contributed by atoms with Gasteiger partial charge >= 0.3 is 5.97 Å². The topological polar surface area (TPSA) is 75.1 Å². The van der Waals surface area contributed by atoms with Crippen molar-refractivity contribution >= 4 is 33.4 Å². The van der Waals surface area contributed by atoms with E-state index in [1.54, 1.807) is 12.1 Å². The molecule has 0 bridgehead atoms. The number of hydrogen-bond acceptors (Lipinski definition) is 4. The molecule has 0 amide bonds. The van der Waals surface area contributed by atoms with Gasteiger partial charge in [0, 0.05) is 10.2 Å². The second kappa shape index (κ2) is 5.31. The van der Waals surface area contributed by atoms with Crippen molar-refractivity contribution in [3.63, 3.8) is 0 Å². The molecule has 0 fully saturated rings. The SMILES string of the molecule is Cc1ncnc(Nc2ccc(Br)c(C(=O)O)c2)c1F. The molecule has 1 aromatic heterocycles. The molecule has 0 aliphatic rings. The highest BCUT2D eigenvalue weighted by atomic mass is 79.9. The van der Waals surface area contributed by atoms with Crippen LogP contribution in [0.4, 0.5) is 15.9 Å². The van der Waals surface area contributed by atoms with E-state index < -0.39 is 11.8 Å². The maximum atomic E-state index is 13.7. The molecule has 19 heavy (non-hydrogen) atoms. The van der Waals surface area contributed by atoms with Crippen LogP contribution in [0.1, 0.15) is 16.1 Å². The quantitative estimate of drug-likeness (QED) is 0.906. The number of hydrogen-bond donors (Lipinski definition) is 2. The third kappa shape index (κ3) is 2.87. The maximum Gasteiger partial charge on any atom is 0.336 e. The van der Waals surface area contributed by atoms with Crippen LogP contribution >= 0.6 is 15.9 Å². The minimum absolute atomic E-state index is 0.00570. The number of benzene rings is 1. The van der Waals surface area contributed by atoms with Gasteiger partial charge in [-0.05, 0) is 41.1 Å². The summed E-state index contributed by atoms with van der Waals surface area (Å²) in [7, 11) is 0. The Bertz CT molecular complexity index is 649. The smallest absolute Gasteiger partial charge is 0.336 e. The molecule has 2 rings (SSSR count). The van der Waals surface area contributed by atoms with Crippen LogP contribution in [0, 0.1) is 12.7 Å². The summed E-state index contributed by atoms with van der Waals surface area (Å²) in [6.07, 6.45) is 1.23. The lowest BCUT2D eigenvalue weighted by Gasteiger charge is -2.08. The van der Waals surface area contributed by atoms with Gasteiger partial charge in [-0.15, -0.1) is 0 Å². The Morgan fingerprint density at radius 2 is 2.16 bits per heavy atom. The minimum atomic E-state index is -1.07. The fraction of sp³-hybridized carbons (Fsp3) is 0.0833. The van der Waals surface area contributed by atoms with E-state index in [2.05, 4.69) is 31.2 Å². The summed E-state index contributed by atoms with van der Waals surface area (Å²) in [6, 6.07) is 4.58. The molecular formula is C12H9BrFN3O2. The first-order valence-electron chi connectivity index (χ1n) is 5.26. The van der Waals surface area contributed by atoms with E-state index in [9.17, 15) is 9.18 Å². The van der Waals surface area contributed by atoms with Crippen LogP contribution < -0.4 is 5.32 Å². The van der Waals surface area contributed by atoms with Crippen LogP contribution in [-0.4, -0.2) is 21.0 Å². The lowest BCUT2D eigenvalue weighted by Crippen LogP contribution is -2.03. The van der Waals surface area contributed by atoms with Crippen molar-refractivity contribution in [1.29, 1.82) is 0 Å². The van der Waals surface area contributed by atoms with Gasteiger partial charge in [-0.25, -0.2) is 19.2 Å². The molecule has 2 N–H and O–H groups in total. The van der Waals surface area contributed by atoms with Crippen molar-refractivity contribution in [2.45, 2.75) is 6.92 Å². The van der Waals surface area contributed by atoms with Crippen molar-refractivity contribution in [3.8, 4) is 0 Å². The predicted molar refractivity (Wildman–Crippen MR) is 71.1 cm³/mol. The number of carboxylic acid groups (broad SMARTS) is 1. The van der Waals surface area contributed by atoms with Crippen LogP contribution in [0.15, 0.2) is 29.0 Å². The van der Waals surface area contributed by atoms with Crippen LogP contribution in [0.25, 0.3) is 0 Å². The average molecular weight is 326 g/mol. The number of rotatable bonds is 3. The van der Waals surface area contributed by atoms with Crippen LogP contribution in [0.2, 0.25) is 0 Å². The summed E-state index contributed by atoms with van der Waals surface area (Å²) < 4.78 is 14.2. The van der Waals surface area contributed by atoms with Crippen LogP contribution in [0.5, 0.6) is 0 Å². The van der Waals surface area contributed by atoms with E-state index in [4.69, 9.17) is 5.11 Å². The molecule has 0 unspecified atom stereocenters. The summed E-state index contributed by atoms with van der Waals surface area (Å²) >= 11 is 3.13. The van der Waals surface area contributed by atoms with Crippen molar-refractivity contribution in [1.82, 2.24) is 9.97 Å². The molecule has 0 atom stereocenters. The Hall–Kier alpha value is -2.02. The number of carbonyl (C=O) groups is 1. The Balaban J connectivity index is 2.36. The molecule has 98 valence electrons. The largest absolute Gasteiger partial charge is 0.478 e. The lowest BCUT2D eigenvalue weighted by molar-refractivity contribution is 0.0696. The Kier molecular flexibility index (Phi) is 3.75. The number of nitrogens with zero attached hydrogens (tertiary/aromatic N) is 2. The van der Waals surface area contributed by atoms with E-state index >= 15 is 0 Å². The highest BCUT2D eigenvalue weighted by Gasteiger charge is 2.11. The van der Waals surface area contributed by atoms with E-state index in [1.165, 1.54) is 19.3 Å². The summed E-state index contributed by atoms with van der Waals surface area (Å²) in [5, 5.41) is 11.7. The van der Waals surface area contributed by atoms with Gasteiger partial charge in [0.05, 0.1) is 11.3 Å². The summed E-state index contributed by atoms with van der Waals surface area (Å²) in [5.41, 5.74) is 0.724. The zero-order valence-electron chi connectivity index (χ0n) is 9.82. The van der Waals surface area contributed by atoms with E-state index in [1.807, 2.05) is 0 Å². The number of aryl methyl sites for hydroxylation is 1. The summed E-state index contributed by atoms with van der Waals surface area (Å²) in [6.45, 7) is 1.52. The van der Waals surface area contributed by atoms with Crippen molar-refractivity contribution < 1.29 is 14.3 Å². The van der Waals surface area contributed by atoms with E-state index in [0.717, 1.165) is 0 Å². The van der Waals surface area contributed by atoms with Gasteiger partial charge in [-0.1, -0.05) is 0 Å². The van der Waals surface area contributed by atoms with Crippen molar-refractivity contribution in [2.75, 3.05) is 5.32 Å². The van der Waals surface area contributed by atoms with Gasteiger partial charge in [0.1, 0.15) is 6.33 Å². The number of anilines is 2. The summed E-state index contributed by atoms with van der Waals surface area (Å²) in [4.78, 5) is 18.5. The standard InChI is InChI=1S/C12H9BrFN3O2/c1-6-10(14)11(16-5-15-6)17-7-2-3-9(13)8(4-7)12(18)19/h2-5H,1H3,(H,18,19)(H,15,16,17). The minimum Gasteiger partial charge on any atom is -0.478 e. The van der Waals surface area contributed by atoms with Crippen molar-refractivity contribution in [3.05, 3.63) is 46.1 Å². The van der Waals surface area contributed by atoms with E-state index in [-0.39, 0.29) is 17.1 Å². The lowest BCUT2D eigenvalue weighted by atomic mass is 10.2. The molecular weight excluding hydrogens is 317 g/mol. The molecule has 0 saturated heterocycles. The van der Waals surface area contributed by atoms with Gasteiger partial charge in [-0.2, -0.15) is 0 Å². The second-order valence-electron chi connectivity index (χ2n) is 3.75. The van der Waals surface area contributed by atoms with Crippen LogP contribution in [-0.2, 0) is 0 Å². The first kappa shape index (κ1) is 13.4. The normalized spacial score (nSPS) is 10.3. The average Bonchev–Trinajstić information content (AvgIpc) is 2.37.